The highest BCUT2D eigenvalue weighted by Crippen LogP contribution is 2.33. The van der Waals surface area contributed by atoms with Crippen molar-refractivity contribution in [1.82, 2.24) is 29.3 Å². The third kappa shape index (κ3) is 4.30. The predicted octanol–water partition coefficient (Wildman–Crippen LogP) is 4.19. The molecular weight excluding hydrogens is 505 g/mol. The van der Waals surface area contributed by atoms with Crippen molar-refractivity contribution >= 4 is 27.5 Å². The van der Waals surface area contributed by atoms with Crippen molar-refractivity contribution in [2.45, 2.75) is 12.7 Å². The van der Waals surface area contributed by atoms with E-state index in [1.165, 1.54) is 12.0 Å². The van der Waals surface area contributed by atoms with Crippen molar-refractivity contribution in [3.8, 4) is 17.0 Å². The van der Waals surface area contributed by atoms with Gasteiger partial charge in [0.15, 0.2) is 11.3 Å². The van der Waals surface area contributed by atoms with Crippen LogP contribution in [0.5, 0.6) is 5.75 Å². The van der Waals surface area contributed by atoms with E-state index in [1.807, 2.05) is 0 Å². The van der Waals surface area contributed by atoms with E-state index in [2.05, 4.69) is 31.1 Å². The normalized spacial score (nSPS) is 11.7. The summed E-state index contributed by atoms with van der Waals surface area (Å²) in [6, 6.07) is 7.35. The second-order valence-electron chi connectivity index (χ2n) is 7.27. The van der Waals surface area contributed by atoms with E-state index in [-0.39, 0.29) is 23.4 Å². The molecule has 0 aliphatic rings. The highest BCUT2D eigenvalue weighted by atomic mass is 79.9. The third-order valence-corrected chi connectivity index (χ3v) is 5.79. The average molecular weight is 523 g/mol. The van der Waals surface area contributed by atoms with Gasteiger partial charge in [0.1, 0.15) is 11.3 Å². The first-order valence-electron chi connectivity index (χ1n) is 9.62. The lowest BCUT2D eigenvalue weighted by atomic mass is 10.1. The molecule has 33 heavy (non-hydrogen) atoms. The molecule has 0 fully saturated rings. The van der Waals surface area contributed by atoms with Crippen LogP contribution >= 0.6 is 15.9 Å². The Morgan fingerprint density at radius 1 is 1.18 bits per heavy atom. The number of hydrogen-bond donors (Lipinski definition) is 0. The fraction of sp³-hybridized carbons (Fsp3) is 0.238. The summed E-state index contributed by atoms with van der Waals surface area (Å²) in [6.07, 6.45) is -2.01. The van der Waals surface area contributed by atoms with Crippen LogP contribution in [0.4, 0.5) is 13.2 Å². The first-order valence-corrected chi connectivity index (χ1v) is 10.4. The summed E-state index contributed by atoms with van der Waals surface area (Å²) in [7, 11) is 4.76. The van der Waals surface area contributed by atoms with Crippen molar-refractivity contribution < 1.29 is 22.7 Å². The van der Waals surface area contributed by atoms with Crippen molar-refractivity contribution in [2.24, 2.45) is 7.05 Å². The lowest BCUT2D eigenvalue weighted by Crippen LogP contribution is -2.27. The number of amides is 1. The van der Waals surface area contributed by atoms with Gasteiger partial charge in [0.2, 0.25) is 0 Å². The Bertz CT molecular complexity index is 1310. The minimum absolute atomic E-state index is 0.0448. The molecule has 0 N–H and O–H groups in total. The smallest absolute Gasteiger partial charge is 0.433 e. The van der Waals surface area contributed by atoms with E-state index in [1.54, 1.807) is 49.2 Å². The van der Waals surface area contributed by atoms with Crippen molar-refractivity contribution in [3.63, 3.8) is 0 Å². The molecule has 0 spiro atoms. The van der Waals surface area contributed by atoms with Crippen molar-refractivity contribution in [3.05, 3.63) is 64.1 Å². The maximum Gasteiger partial charge on any atom is 0.433 e. The monoisotopic (exact) mass is 522 g/mol. The molecule has 0 aliphatic heterocycles. The Morgan fingerprint density at radius 2 is 1.88 bits per heavy atom. The molecule has 172 valence electrons. The number of methoxy groups -OCH3 is 1. The highest BCUT2D eigenvalue weighted by molar-refractivity contribution is 9.10. The van der Waals surface area contributed by atoms with Crippen molar-refractivity contribution in [2.75, 3.05) is 14.2 Å². The molecule has 0 saturated heterocycles. The van der Waals surface area contributed by atoms with Gasteiger partial charge >= 0.3 is 6.18 Å². The Labute approximate surface area is 194 Å². The lowest BCUT2D eigenvalue weighted by molar-refractivity contribution is -0.142. The van der Waals surface area contributed by atoms with Crippen LogP contribution in [0.25, 0.3) is 16.9 Å². The summed E-state index contributed by atoms with van der Waals surface area (Å²) in [6.45, 7) is 0.178. The number of alkyl halides is 3. The number of ether oxygens (including phenoxy) is 1. The molecule has 3 aromatic heterocycles. The van der Waals surface area contributed by atoms with E-state index in [0.717, 1.165) is 18.0 Å². The fourth-order valence-electron chi connectivity index (χ4n) is 3.34. The summed E-state index contributed by atoms with van der Waals surface area (Å²) in [4.78, 5) is 18.9. The van der Waals surface area contributed by atoms with Gasteiger partial charge < -0.3 is 9.64 Å². The van der Waals surface area contributed by atoms with Gasteiger partial charge in [0, 0.05) is 19.7 Å². The summed E-state index contributed by atoms with van der Waals surface area (Å²) in [5.74, 6) is 0.0321. The quantitative estimate of drug-likeness (QED) is 0.392. The SMILES string of the molecule is COc1ccc(-c2cc(C(F)(F)F)n3ncc(C(=O)N(C)Cc4c(Br)cnn4C)c3n2)cc1. The zero-order valence-electron chi connectivity index (χ0n) is 17.8. The van der Waals surface area contributed by atoms with Crippen LogP contribution < -0.4 is 4.74 Å². The zero-order valence-corrected chi connectivity index (χ0v) is 19.3. The summed E-state index contributed by atoms with van der Waals surface area (Å²) in [5.41, 5.74) is -0.0348. The number of nitrogens with zero attached hydrogens (tertiary/aromatic N) is 6. The largest absolute Gasteiger partial charge is 0.497 e. The molecule has 1 aromatic carbocycles. The second-order valence-corrected chi connectivity index (χ2v) is 8.12. The number of aromatic nitrogens is 5. The number of fused-ring (bicyclic) bond motifs is 1. The van der Waals surface area contributed by atoms with Crippen molar-refractivity contribution in [1.29, 1.82) is 0 Å². The minimum Gasteiger partial charge on any atom is -0.497 e. The molecule has 3 heterocycles. The van der Waals surface area contributed by atoms with E-state index < -0.39 is 17.8 Å². The fourth-order valence-corrected chi connectivity index (χ4v) is 3.81. The molecule has 12 heteroatoms. The van der Waals surface area contributed by atoms with Gasteiger partial charge in [0.05, 0.1) is 41.9 Å². The molecule has 4 rings (SSSR count). The number of hydrogen-bond acceptors (Lipinski definition) is 5. The van der Waals surface area contributed by atoms with Gasteiger partial charge in [-0.15, -0.1) is 0 Å². The summed E-state index contributed by atoms with van der Waals surface area (Å²) >= 11 is 3.38. The summed E-state index contributed by atoms with van der Waals surface area (Å²) in [5, 5.41) is 7.93. The lowest BCUT2D eigenvalue weighted by Gasteiger charge is -2.17. The molecule has 0 atom stereocenters. The van der Waals surface area contributed by atoms with E-state index >= 15 is 0 Å². The van der Waals surface area contributed by atoms with Gasteiger partial charge in [-0.1, -0.05) is 0 Å². The van der Waals surface area contributed by atoms with E-state index in [4.69, 9.17) is 4.74 Å². The molecule has 8 nitrogen and oxygen atoms in total. The molecule has 1 amide bonds. The van der Waals surface area contributed by atoms with Crippen LogP contribution in [-0.2, 0) is 19.8 Å². The Balaban J connectivity index is 1.80. The Morgan fingerprint density at radius 3 is 2.45 bits per heavy atom. The Hall–Kier alpha value is -3.41. The molecule has 0 radical (unpaired) electrons. The van der Waals surface area contributed by atoms with Crippen LogP contribution in [0.1, 0.15) is 21.7 Å². The molecular formula is C21H18BrF3N6O2. The second kappa shape index (κ2) is 8.50. The molecule has 0 aliphatic carbocycles. The highest BCUT2D eigenvalue weighted by Gasteiger charge is 2.36. The average Bonchev–Trinajstić information content (AvgIpc) is 3.35. The van der Waals surface area contributed by atoms with Gasteiger partial charge in [-0.25, -0.2) is 9.50 Å². The topological polar surface area (TPSA) is 77.5 Å². The summed E-state index contributed by atoms with van der Waals surface area (Å²) < 4.78 is 49.5. The van der Waals surface area contributed by atoms with Crippen LogP contribution in [0.3, 0.4) is 0 Å². The minimum atomic E-state index is -4.71. The standard InChI is InChI=1S/C21H18BrF3N6O2/c1-29(11-17-15(22)10-26-30(17)2)20(32)14-9-27-31-18(21(23,24)25)8-16(28-19(14)31)12-4-6-13(33-3)7-5-12/h4-10H,11H2,1-3H3. The number of carbonyl (C=O) groups excluding carboxylic acids is 1. The van der Waals surface area contributed by atoms with Gasteiger partial charge in [-0.05, 0) is 46.3 Å². The van der Waals surface area contributed by atoms with E-state index in [0.29, 0.717) is 20.3 Å². The van der Waals surface area contributed by atoms with E-state index in [9.17, 15) is 18.0 Å². The van der Waals surface area contributed by atoms with Crippen LogP contribution in [0.2, 0.25) is 0 Å². The number of halogens is 4. The van der Waals surface area contributed by atoms with Crippen LogP contribution in [0.15, 0.2) is 47.2 Å². The number of carbonyl (C=O) groups is 1. The third-order valence-electron chi connectivity index (χ3n) is 5.12. The Kier molecular flexibility index (Phi) is 5.87. The van der Waals surface area contributed by atoms with Gasteiger partial charge in [0.25, 0.3) is 5.91 Å². The molecule has 0 unspecified atom stereocenters. The maximum absolute atomic E-state index is 13.8. The number of rotatable bonds is 5. The number of benzene rings is 1. The maximum atomic E-state index is 13.8. The first-order chi connectivity index (χ1) is 15.6. The first kappa shape index (κ1) is 22.8. The molecule has 0 bridgehead atoms. The van der Waals surface area contributed by atoms with Crippen LogP contribution in [-0.4, -0.2) is 49.3 Å². The molecule has 4 aromatic rings. The zero-order chi connectivity index (χ0) is 23.9. The van der Waals surface area contributed by atoms with Gasteiger partial charge in [-0.3, -0.25) is 9.48 Å². The van der Waals surface area contributed by atoms with Crippen LogP contribution in [0, 0.1) is 0 Å². The van der Waals surface area contributed by atoms with Gasteiger partial charge in [-0.2, -0.15) is 23.4 Å². The predicted molar refractivity (Wildman–Crippen MR) is 117 cm³/mol. The number of aryl methyl sites for hydroxylation is 1. The molecule has 0 saturated carbocycles.